The normalized spacial score (nSPS) is 10.4. The summed E-state index contributed by atoms with van der Waals surface area (Å²) in [5, 5.41) is 10.9. The highest BCUT2D eigenvalue weighted by Crippen LogP contribution is 2.32. The van der Waals surface area contributed by atoms with E-state index in [0.717, 1.165) is 11.6 Å². The molecule has 0 fully saturated rings. The molecule has 0 atom stereocenters. The van der Waals surface area contributed by atoms with Crippen molar-refractivity contribution in [2.75, 3.05) is 0 Å². The average molecular weight is 351 g/mol. The lowest BCUT2D eigenvalue weighted by molar-refractivity contribution is -0.192. The Bertz CT molecular complexity index is 686. The Balaban J connectivity index is 0.000000322. The summed E-state index contributed by atoms with van der Waals surface area (Å²) in [6.45, 7) is 0. The molecule has 1 heterocycles. The van der Waals surface area contributed by atoms with Gasteiger partial charge in [0.1, 0.15) is 11.6 Å². The van der Waals surface area contributed by atoms with E-state index in [4.69, 9.17) is 20.4 Å². The number of alkyl halides is 3. The lowest BCUT2D eigenvalue weighted by Gasteiger charge is -2.07. The second-order valence-electron chi connectivity index (χ2n) is 3.88. The number of aliphatic carboxylic acids is 1. The van der Waals surface area contributed by atoms with E-state index in [-0.39, 0.29) is 5.75 Å². The molecule has 0 bridgehead atoms. The van der Waals surface area contributed by atoms with Gasteiger partial charge in [-0.15, -0.1) is 0 Å². The van der Waals surface area contributed by atoms with Crippen molar-refractivity contribution in [2.24, 2.45) is 5.73 Å². The first kappa shape index (κ1) is 18.4. The number of ether oxygens (including phenoxy) is 1. The Morgan fingerprint density at radius 3 is 2.26 bits per heavy atom. The highest BCUT2D eigenvalue weighted by atomic mass is 32.1. The largest absolute Gasteiger partial charge is 0.490 e. The third-order valence-electron chi connectivity index (χ3n) is 2.23. The molecule has 0 aliphatic rings. The van der Waals surface area contributed by atoms with Crippen LogP contribution in [0, 0.1) is 5.82 Å². The van der Waals surface area contributed by atoms with Gasteiger partial charge in [0.15, 0.2) is 0 Å². The molecule has 1 amide bonds. The maximum absolute atomic E-state index is 13.0. The average Bonchev–Trinajstić information content (AvgIpc) is 2.91. The van der Waals surface area contributed by atoms with Crippen LogP contribution in [0.5, 0.6) is 5.75 Å². The third kappa shape index (κ3) is 5.94. The molecule has 0 spiro atoms. The molecule has 2 aromatic rings. The number of benzene rings is 1. The number of amides is 1. The summed E-state index contributed by atoms with van der Waals surface area (Å²) in [6.07, 6.45) is -6.04. The number of hydrogen-bond acceptors (Lipinski definition) is 4. The van der Waals surface area contributed by atoms with Crippen LogP contribution in [-0.4, -0.2) is 23.3 Å². The summed E-state index contributed by atoms with van der Waals surface area (Å²) in [7, 11) is 0. The van der Waals surface area contributed by atoms with E-state index in [1.807, 2.05) is 16.8 Å². The first-order valence-electron chi connectivity index (χ1n) is 5.70. The van der Waals surface area contributed by atoms with E-state index in [1.54, 1.807) is 6.07 Å². The summed E-state index contributed by atoms with van der Waals surface area (Å²) in [4.78, 5) is 19.6. The van der Waals surface area contributed by atoms with E-state index in [9.17, 15) is 22.4 Å². The molecule has 3 N–H and O–H groups in total. The molecule has 0 radical (unpaired) electrons. The molecule has 0 aliphatic heterocycles. The number of thiophene rings is 1. The first-order chi connectivity index (χ1) is 10.6. The van der Waals surface area contributed by atoms with Crippen LogP contribution >= 0.6 is 11.3 Å². The van der Waals surface area contributed by atoms with Crippen LogP contribution < -0.4 is 10.5 Å². The number of carboxylic acids is 1. The van der Waals surface area contributed by atoms with Gasteiger partial charge in [0.2, 0.25) is 0 Å². The summed E-state index contributed by atoms with van der Waals surface area (Å²) in [5.41, 5.74) is 6.42. The summed E-state index contributed by atoms with van der Waals surface area (Å²) in [5.74, 6) is -3.10. The number of carbonyl (C=O) groups excluding carboxylic acids is 1. The highest BCUT2D eigenvalue weighted by molar-refractivity contribution is 7.08. The number of carboxylic acid groups (broad SMARTS) is 1. The van der Waals surface area contributed by atoms with Crippen molar-refractivity contribution in [3.8, 4) is 16.9 Å². The van der Waals surface area contributed by atoms with Gasteiger partial charge < -0.3 is 15.6 Å². The van der Waals surface area contributed by atoms with Gasteiger partial charge in [0.25, 0.3) is 0 Å². The first-order valence-corrected chi connectivity index (χ1v) is 6.65. The van der Waals surface area contributed by atoms with Gasteiger partial charge in [-0.3, -0.25) is 0 Å². The fourth-order valence-corrected chi connectivity index (χ4v) is 2.00. The van der Waals surface area contributed by atoms with Crippen molar-refractivity contribution in [3.05, 3.63) is 40.8 Å². The molecular formula is C13H9F4NO4S. The predicted octanol–water partition coefficient (Wildman–Crippen LogP) is 3.65. The number of hydrogen-bond donors (Lipinski definition) is 2. The Kier molecular flexibility index (Phi) is 6.08. The number of primary amides is 1. The van der Waals surface area contributed by atoms with Crippen LogP contribution in [0.3, 0.4) is 0 Å². The topological polar surface area (TPSA) is 89.6 Å². The quantitative estimate of drug-likeness (QED) is 0.808. The van der Waals surface area contributed by atoms with E-state index < -0.39 is 24.1 Å². The Hall–Kier alpha value is -2.62. The van der Waals surface area contributed by atoms with Gasteiger partial charge in [-0.05, 0) is 34.5 Å². The zero-order chi connectivity index (χ0) is 17.6. The van der Waals surface area contributed by atoms with Gasteiger partial charge in [0, 0.05) is 11.6 Å². The standard InChI is InChI=1S/C11H8FNO2S.C2HF3O2/c12-8-1-2-9(7-3-4-16-6-7)10(5-8)15-11(13)14;3-2(4,5)1(6)7/h1-6H,(H2,13,14);(H,6,7). The zero-order valence-corrected chi connectivity index (χ0v) is 12.0. The SMILES string of the molecule is NC(=O)Oc1cc(F)ccc1-c1ccsc1.O=C(O)C(F)(F)F. The Morgan fingerprint density at radius 2 is 1.83 bits per heavy atom. The number of carbonyl (C=O) groups is 2. The fraction of sp³-hybridized carbons (Fsp3) is 0.0769. The smallest absolute Gasteiger partial charge is 0.475 e. The Labute approximate surface area is 130 Å². The Morgan fingerprint density at radius 1 is 1.22 bits per heavy atom. The molecule has 0 unspecified atom stereocenters. The van der Waals surface area contributed by atoms with Gasteiger partial charge in [-0.25, -0.2) is 14.0 Å². The van der Waals surface area contributed by atoms with Crippen molar-refractivity contribution < 1.29 is 37.0 Å². The molecule has 2 rings (SSSR count). The highest BCUT2D eigenvalue weighted by Gasteiger charge is 2.38. The monoisotopic (exact) mass is 351 g/mol. The van der Waals surface area contributed by atoms with Gasteiger partial charge in [-0.1, -0.05) is 0 Å². The van der Waals surface area contributed by atoms with Crippen molar-refractivity contribution in [2.45, 2.75) is 6.18 Å². The molecule has 0 aliphatic carbocycles. The number of rotatable bonds is 2. The number of halogens is 4. The van der Waals surface area contributed by atoms with Crippen molar-refractivity contribution >= 4 is 23.4 Å². The zero-order valence-electron chi connectivity index (χ0n) is 11.1. The second kappa shape index (κ2) is 7.58. The van der Waals surface area contributed by atoms with Gasteiger partial charge in [-0.2, -0.15) is 24.5 Å². The molecule has 23 heavy (non-hydrogen) atoms. The van der Waals surface area contributed by atoms with Crippen LogP contribution in [-0.2, 0) is 4.79 Å². The van der Waals surface area contributed by atoms with Crippen molar-refractivity contribution in [3.63, 3.8) is 0 Å². The molecule has 0 saturated carbocycles. The van der Waals surface area contributed by atoms with Gasteiger partial charge in [0.05, 0.1) is 0 Å². The van der Waals surface area contributed by atoms with Gasteiger partial charge >= 0.3 is 18.2 Å². The minimum Gasteiger partial charge on any atom is -0.475 e. The van der Waals surface area contributed by atoms with Crippen LogP contribution in [0.25, 0.3) is 11.1 Å². The molecule has 10 heteroatoms. The molecule has 1 aromatic heterocycles. The second-order valence-corrected chi connectivity index (χ2v) is 4.66. The molecule has 5 nitrogen and oxygen atoms in total. The molecule has 124 valence electrons. The summed E-state index contributed by atoms with van der Waals surface area (Å²) in [6, 6.07) is 5.85. The minimum atomic E-state index is -5.08. The van der Waals surface area contributed by atoms with Crippen molar-refractivity contribution in [1.29, 1.82) is 0 Å². The molecular weight excluding hydrogens is 342 g/mol. The predicted molar refractivity (Wildman–Crippen MR) is 73.6 cm³/mol. The van der Waals surface area contributed by atoms with Crippen LogP contribution in [0.15, 0.2) is 35.0 Å². The van der Waals surface area contributed by atoms with Crippen LogP contribution in [0.1, 0.15) is 0 Å². The van der Waals surface area contributed by atoms with E-state index in [0.29, 0.717) is 5.56 Å². The van der Waals surface area contributed by atoms with Crippen LogP contribution in [0.2, 0.25) is 0 Å². The minimum absolute atomic E-state index is 0.130. The maximum atomic E-state index is 13.0. The van der Waals surface area contributed by atoms with E-state index in [2.05, 4.69) is 0 Å². The fourth-order valence-electron chi connectivity index (χ4n) is 1.35. The summed E-state index contributed by atoms with van der Waals surface area (Å²) < 4.78 is 49.5. The third-order valence-corrected chi connectivity index (χ3v) is 2.91. The molecule has 1 aromatic carbocycles. The maximum Gasteiger partial charge on any atom is 0.490 e. The van der Waals surface area contributed by atoms with Crippen LogP contribution in [0.4, 0.5) is 22.4 Å². The summed E-state index contributed by atoms with van der Waals surface area (Å²) >= 11 is 1.50. The van der Waals surface area contributed by atoms with E-state index in [1.165, 1.54) is 17.4 Å². The lowest BCUT2D eigenvalue weighted by Crippen LogP contribution is -2.21. The number of nitrogens with two attached hydrogens (primary N) is 1. The van der Waals surface area contributed by atoms with Crippen molar-refractivity contribution in [1.82, 2.24) is 0 Å². The van der Waals surface area contributed by atoms with E-state index >= 15 is 0 Å². The molecule has 0 saturated heterocycles. The lowest BCUT2D eigenvalue weighted by atomic mass is 10.1.